The minimum absolute atomic E-state index is 0.139. The van der Waals surface area contributed by atoms with Crippen LogP contribution < -0.4 is 0 Å². The molecule has 0 amide bonds. The molecule has 692 valence electrons. The molecule has 4 aromatic heterocycles. The average molecular weight is 1710 g/mol. The van der Waals surface area contributed by atoms with Crippen molar-refractivity contribution in [1.82, 2.24) is 38.2 Å². The number of rotatable bonds is 14. The fraction of sp³-hybridized carbons (Fsp3) is 0.832. The van der Waals surface area contributed by atoms with Crippen LogP contribution in [-0.4, -0.2) is 111 Å². The van der Waals surface area contributed by atoms with Gasteiger partial charge in [0.05, 0.1) is 68.3 Å². The Bertz CT molecular complexity index is 3990. The third-order valence-corrected chi connectivity index (χ3v) is 38.9. The molecule has 4 N–H and O–H groups in total. The third-order valence-electron chi connectivity index (χ3n) is 38.9. The van der Waals surface area contributed by atoms with E-state index in [0.717, 1.165) is 185 Å². The lowest BCUT2D eigenvalue weighted by molar-refractivity contribution is -0.134. The number of halogens is 1. The van der Waals surface area contributed by atoms with E-state index < -0.39 is 29.1 Å². The summed E-state index contributed by atoms with van der Waals surface area (Å²) in [5.41, 5.74) is -1.92. The van der Waals surface area contributed by atoms with E-state index in [-0.39, 0.29) is 45.3 Å². The molecule has 12 unspecified atom stereocenters. The van der Waals surface area contributed by atoms with Crippen LogP contribution in [-0.2, 0) is 45.4 Å². The van der Waals surface area contributed by atoms with Crippen LogP contribution in [0.15, 0.2) is 74.9 Å². The van der Waals surface area contributed by atoms with Gasteiger partial charge in [0.15, 0.2) is 23.1 Å². The minimum atomic E-state index is -1.06. The van der Waals surface area contributed by atoms with Crippen LogP contribution in [0.5, 0.6) is 0 Å². The monoisotopic (exact) mass is 1710 g/mol. The number of aliphatic hydroxyl groups is 4. The number of nitrogens with zero attached hydrogens (tertiary/aromatic N) is 8. The number of carbonyl (C=O) groups is 4. The quantitative estimate of drug-likeness (QED) is 0.0866. The Morgan fingerprint density at radius 2 is 0.613 bits per heavy atom. The second-order valence-corrected chi connectivity index (χ2v) is 44.1. The lowest BCUT2D eigenvalue weighted by atomic mass is 9.48. The van der Waals surface area contributed by atoms with E-state index in [2.05, 4.69) is 66.4 Å². The first kappa shape index (κ1) is 96.4. The van der Waals surface area contributed by atoms with E-state index in [1.54, 1.807) is 50.1 Å². The Morgan fingerprint density at radius 3 is 0.903 bits per heavy atom. The molecule has 4 heterocycles. The summed E-state index contributed by atoms with van der Waals surface area (Å²) in [5.74, 6) is 23.3. The highest BCUT2D eigenvalue weighted by Gasteiger charge is 2.64. The number of Topliss-reactive ketones (excluding diaryl/α,β-unsaturated/α-hetero) is 4. The number of alkyl halides is 1. The van der Waals surface area contributed by atoms with Gasteiger partial charge in [-0.1, -0.05) is 95.9 Å². The van der Waals surface area contributed by atoms with Crippen molar-refractivity contribution in [3.63, 3.8) is 0 Å². The average Bonchev–Trinajstić information content (AvgIpc) is 1.51. The number of hydrogen-bond donors (Lipinski definition) is 4. The summed E-state index contributed by atoms with van der Waals surface area (Å²) < 4.78 is 21.1. The van der Waals surface area contributed by atoms with Crippen LogP contribution in [0.2, 0.25) is 0 Å². The zero-order valence-electron chi connectivity index (χ0n) is 79.9. The lowest BCUT2D eigenvalue weighted by Crippen LogP contribution is -2.52. The second-order valence-electron chi connectivity index (χ2n) is 44.1. The molecule has 16 nitrogen and oxygen atoms in total. The summed E-state index contributed by atoms with van der Waals surface area (Å²) in [6, 6.07) is 0. The van der Waals surface area contributed by atoms with Crippen LogP contribution in [0.4, 0.5) is 4.39 Å². The number of ketones is 4. The number of imidazole rings is 4. The van der Waals surface area contributed by atoms with Crippen molar-refractivity contribution in [3.05, 3.63) is 74.9 Å². The molecular formula is C107H169FN8O8. The van der Waals surface area contributed by atoms with Gasteiger partial charge in [-0.05, 0) is 391 Å². The van der Waals surface area contributed by atoms with Crippen LogP contribution in [0.1, 0.15) is 341 Å². The van der Waals surface area contributed by atoms with Crippen molar-refractivity contribution in [1.29, 1.82) is 0 Å². The van der Waals surface area contributed by atoms with E-state index in [9.17, 15) is 44.0 Å². The fourth-order valence-electron chi connectivity index (χ4n) is 33.5. The van der Waals surface area contributed by atoms with Crippen molar-refractivity contribution in [2.75, 3.05) is 6.67 Å². The van der Waals surface area contributed by atoms with E-state index >= 15 is 0 Å². The number of carbonyl (C=O) groups excluding carboxylic acids is 4. The van der Waals surface area contributed by atoms with Gasteiger partial charge in [0.2, 0.25) is 0 Å². The highest BCUT2D eigenvalue weighted by molar-refractivity contribution is 5.84. The summed E-state index contributed by atoms with van der Waals surface area (Å²) in [7, 11) is 0. The largest absolute Gasteiger partial charge is 0.390 e. The van der Waals surface area contributed by atoms with E-state index in [4.69, 9.17) is 0 Å². The molecule has 124 heavy (non-hydrogen) atoms. The summed E-state index contributed by atoms with van der Waals surface area (Å²) in [6.45, 7) is 33.1. The SMILES string of the molecule is CC.CC.CC.CC.CC#C[C@@]1(O)CC[C@@H]2C3CC[C@@]4(C)C(CC[C@@H]4C(=O)Cn4ccnc4)C3CC[C@@H]2C1.CC[C@@]1(O)CC[C@@H]2C3CC[C@@]4(C)C(CC[C@@H]4C(=O)Cn4ccnc4)C3CC[C@@H]2C1.C[C@@]1(O)CC[C@@H]2C3CC[C@@]4(C)C(CC[C@@H]4C(=O)Cn4ccnc4)C3CC[C@@H]2C1.C[C@]12CCC3C(CC[C@@H]4C[C@@](O)(CF)CC[C@H]34)C1CC[C@@H]2C(=O)Cn1ccnc1. The summed E-state index contributed by atoms with van der Waals surface area (Å²) in [4.78, 5) is 69.1. The molecule has 0 aliphatic heterocycles. The number of hydrogen-bond acceptors (Lipinski definition) is 12. The zero-order chi connectivity index (χ0) is 88.9. The Kier molecular flexibility index (Phi) is 31.6. The first-order valence-electron chi connectivity index (χ1n) is 51.5. The van der Waals surface area contributed by atoms with Crippen molar-refractivity contribution < 1.29 is 44.0 Å². The zero-order valence-corrected chi connectivity index (χ0v) is 79.9. The summed E-state index contributed by atoms with van der Waals surface area (Å²) >= 11 is 0. The molecule has 16 fully saturated rings. The molecule has 16 aliphatic rings. The molecule has 20 rings (SSSR count). The molecule has 17 heteroatoms. The summed E-state index contributed by atoms with van der Waals surface area (Å²) in [6.07, 6.45) is 63.3. The third kappa shape index (κ3) is 19.3. The summed E-state index contributed by atoms with van der Waals surface area (Å²) in [5, 5.41) is 42.8. The predicted octanol–water partition coefficient (Wildman–Crippen LogP) is 22.3. The van der Waals surface area contributed by atoms with Crippen LogP contribution in [0.3, 0.4) is 0 Å². The van der Waals surface area contributed by atoms with Gasteiger partial charge in [-0.25, -0.2) is 24.3 Å². The molecular weight excluding hydrogens is 1540 g/mol. The maximum absolute atomic E-state index is 13.3. The molecule has 16 saturated carbocycles. The molecule has 16 aliphatic carbocycles. The Labute approximate surface area is 748 Å². The van der Waals surface area contributed by atoms with Crippen LogP contribution >= 0.6 is 0 Å². The number of aromatic nitrogens is 8. The fourth-order valence-corrected chi connectivity index (χ4v) is 33.5. The minimum Gasteiger partial charge on any atom is -0.390 e. The van der Waals surface area contributed by atoms with Crippen molar-refractivity contribution in [3.8, 4) is 11.8 Å². The maximum atomic E-state index is 13.3. The highest BCUT2D eigenvalue weighted by atomic mass is 19.1. The molecule has 0 spiro atoms. The highest BCUT2D eigenvalue weighted by Crippen LogP contribution is 2.70. The lowest BCUT2D eigenvalue weighted by Gasteiger charge is -2.57. The van der Waals surface area contributed by atoms with Crippen LogP contribution in [0.25, 0.3) is 0 Å². The normalized spacial score (nSPS) is 43.6. The first-order valence-corrected chi connectivity index (χ1v) is 51.5. The van der Waals surface area contributed by atoms with Gasteiger partial charge in [0, 0.05) is 73.2 Å². The van der Waals surface area contributed by atoms with Gasteiger partial charge < -0.3 is 38.7 Å². The predicted molar refractivity (Wildman–Crippen MR) is 492 cm³/mol. The Morgan fingerprint density at radius 1 is 0.339 bits per heavy atom. The van der Waals surface area contributed by atoms with Gasteiger partial charge in [0.1, 0.15) is 12.3 Å². The molecule has 0 bridgehead atoms. The first-order chi connectivity index (χ1) is 59.7. The second kappa shape index (κ2) is 40.7. The number of fused-ring (bicyclic) bond motifs is 20. The van der Waals surface area contributed by atoms with Gasteiger partial charge in [-0.15, -0.1) is 5.92 Å². The van der Waals surface area contributed by atoms with E-state index in [1.165, 1.54) is 128 Å². The molecule has 0 saturated heterocycles. The maximum Gasteiger partial charge on any atom is 0.156 e. The molecule has 0 aromatic carbocycles. The van der Waals surface area contributed by atoms with Crippen molar-refractivity contribution in [2.24, 2.45) is 164 Å². The van der Waals surface area contributed by atoms with Gasteiger partial charge >= 0.3 is 0 Å². The van der Waals surface area contributed by atoms with Gasteiger partial charge in [-0.3, -0.25) is 19.2 Å². The molecule has 4 aromatic rings. The van der Waals surface area contributed by atoms with E-state index in [1.807, 2.05) is 112 Å². The van der Waals surface area contributed by atoms with Gasteiger partial charge in [-0.2, -0.15) is 0 Å². The van der Waals surface area contributed by atoms with E-state index in [0.29, 0.717) is 91.7 Å². The van der Waals surface area contributed by atoms with Crippen molar-refractivity contribution >= 4 is 23.1 Å². The van der Waals surface area contributed by atoms with Crippen LogP contribution in [0, 0.1) is 176 Å². The topological polar surface area (TPSA) is 220 Å². The smallest absolute Gasteiger partial charge is 0.156 e. The van der Waals surface area contributed by atoms with Gasteiger partial charge in [0.25, 0.3) is 0 Å². The Hall–Kier alpha value is -5.15. The standard InChI is InChI=1S/C26H36N2O2.C25H38N2O2.C24H35FN2O2.C24H36N2O2.4C2H6/c1-3-10-26(30)12-9-19-18(15-26)4-5-21-20(19)8-11-25(2)22(21)6-7-23(25)24(29)16-28-14-13-27-17-28;1-3-25(29)11-9-18-17(14-25)4-5-20-19(18)8-10-24(2)21(20)6-7-22(24)23(28)15-27-13-12-26-16-27;1-23-8-6-18-17-7-9-24(29,14-25)12-16(17)2-3-19(18)20(23)4-5-21(23)22(28)13-27-11-10-26-15-27;1-23(28)9-7-17-16(13-23)3-4-19-18(17)8-10-24(2)20(19)5-6-21(24)22(27)14-26-12-11-25-15-26;4*1-2/h13-14,17-23,30H,4-9,11-12,15-16H2,1-2H3;12-13,16-22,29H,3-11,14-15H2,1-2H3;10-11,15-21,29H,2-9,12-14H2,1H3;11-12,15-21,28H,3-10,13-14H2,1-2H3;4*1-2H3/t18-,19+,20?,21?,22?,23-,25+,26-;17-,18+,19?,20?,21?,22-,24+,25-;16-,17+,18?,19?,20?,21-,23+,24-;16-,17+,18?,19?,20?,21-,23-,24+;;;;/m1111..../s1. The van der Waals surface area contributed by atoms with Crippen molar-refractivity contribution in [2.45, 2.75) is 390 Å². The Balaban J connectivity index is 0.000000138. The molecule has 0 radical (unpaired) electrons. The molecule has 32 atom stereocenters.